The number of aromatic nitrogens is 2. The lowest BCUT2D eigenvalue weighted by atomic mass is 10.0. The van der Waals surface area contributed by atoms with Crippen molar-refractivity contribution in [1.82, 2.24) is 19.2 Å². The third-order valence-corrected chi connectivity index (χ3v) is 10.4. The Balaban J connectivity index is 1.19. The van der Waals surface area contributed by atoms with Gasteiger partial charge in [-0.05, 0) is 99.8 Å². The van der Waals surface area contributed by atoms with Crippen LogP contribution in [0.4, 0.5) is 23.1 Å². The molecule has 0 saturated carbocycles. The molecule has 2 aromatic carbocycles. The topological polar surface area (TPSA) is 90.5 Å². The minimum Gasteiger partial charge on any atom is -0.338 e. The summed E-state index contributed by atoms with van der Waals surface area (Å²) in [4.78, 5) is 11.9. The summed E-state index contributed by atoms with van der Waals surface area (Å²) in [6.07, 6.45) is 10.6. The zero-order valence-corrected chi connectivity index (χ0v) is 23.6. The first-order valence-electron chi connectivity index (χ1n) is 14.0. The molecule has 0 bridgehead atoms. The average Bonchev–Trinajstić information content (AvgIpc) is 3.64. The van der Waals surface area contributed by atoms with Gasteiger partial charge in [-0.2, -0.15) is 9.29 Å². The molecule has 39 heavy (non-hydrogen) atoms. The Morgan fingerprint density at radius 1 is 0.872 bits per heavy atom. The molecule has 10 heteroatoms. The number of para-hydroxylation sites is 1. The molecule has 0 unspecified atom stereocenters. The summed E-state index contributed by atoms with van der Waals surface area (Å²) in [5.74, 6) is 0.742. The van der Waals surface area contributed by atoms with Gasteiger partial charge in [0, 0.05) is 24.8 Å². The van der Waals surface area contributed by atoms with E-state index in [2.05, 4.69) is 43.7 Å². The molecule has 3 heterocycles. The first-order valence-corrected chi connectivity index (χ1v) is 15.8. The van der Waals surface area contributed by atoms with E-state index in [4.69, 9.17) is 11.6 Å². The Morgan fingerprint density at radius 3 is 2.38 bits per heavy atom. The summed E-state index contributed by atoms with van der Waals surface area (Å²) < 4.78 is 28.1. The van der Waals surface area contributed by atoms with E-state index < -0.39 is 10.0 Å². The zero-order chi connectivity index (χ0) is 26.8. The predicted molar refractivity (Wildman–Crippen MR) is 156 cm³/mol. The van der Waals surface area contributed by atoms with Gasteiger partial charge in [0.1, 0.15) is 9.92 Å². The molecule has 1 aliphatic carbocycles. The number of nitrogens with one attached hydrogen (secondary N) is 2. The standard InChI is InChI=1S/C29H35ClN6O2S/c30-25-20-31-29(32-23-12-9-21-10-13-24(14-11-22(21)19-23)35-15-3-4-16-35)34-28(25)33-26-7-1-2-8-27(26)39(37,38)36-17-5-6-18-36/h1-2,7-9,12,19-20,24H,3-6,10-11,13-18H2,(H2,31,32,33,34)/t24-/m0/s1. The van der Waals surface area contributed by atoms with E-state index in [0.717, 1.165) is 31.4 Å². The van der Waals surface area contributed by atoms with Crippen molar-refractivity contribution in [2.75, 3.05) is 36.8 Å². The van der Waals surface area contributed by atoms with Gasteiger partial charge in [-0.15, -0.1) is 0 Å². The maximum atomic E-state index is 13.3. The zero-order valence-electron chi connectivity index (χ0n) is 22.1. The van der Waals surface area contributed by atoms with Gasteiger partial charge in [0.2, 0.25) is 16.0 Å². The molecule has 2 N–H and O–H groups in total. The maximum absolute atomic E-state index is 13.3. The summed E-state index contributed by atoms with van der Waals surface area (Å²) in [5.41, 5.74) is 4.18. The van der Waals surface area contributed by atoms with E-state index in [0.29, 0.717) is 41.6 Å². The number of aryl methyl sites for hydroxylation is 2. The molecule has 2 fully saturated rings. The molecular weight excluding hydrogens is 532 g/mol. The number of sulfonamides is 1. The van der Waals surface area contributed by atoms with Crippen LogP contribution in [0, 0.1) is 0 Å². The Hall–Kier alpha value is -2.72. The summed E-state index contributed by atoms with van der Waals surface area (Å²) in [6.45, 7) is 3.57. The SMILES string of the molecule is O=S(=O)(c1ccccc1Nc1nc(Nc2ccc3c(c2)CC[C@@H](N2CCCC2)CC3)ncc1Cl)N1CCCC1. The van der Waals surface area contributed by atoms with Crippen molar-refractivity contribution in [3.8, 4) is 0 Å². The van der Waals surface area contributed by atoms with Crippen LogP contribution in [0.15, 0.2) is 53.6 Å². The summed E-state index contributed by atoms with van der Waals surface area (Å²) in [6, 6.07) is 14.1. The summed E-state index contributed by atoms with van der Waals surface area (Å²) in [5, 5.41) is 6.79. The molecule has 206 valence electrons. The van der Waals surface area contributed by atoms with Crippen molar-refractivity contribution in [2.24, 2.45) is 0 Å². The molecule has 3 aliphatic rings. The van der Waals surface area contributed by atoms with E-state index in [1.807, 2.05) is 0 Å². The summed E-state index contributed by atoms with van der Waals surface area (Å²) >= 11 is 6.44. The lowest BCUT2D eigenvalue weighted by Gasteiger charge is -2.25. The van der Waals surface area contributed by atoms with Crippen molar-refractivity contribution < 1.29 is 8.42 Å². The Kier molecular flexibility index (Phi) is 7.75. The highest BCUT2D eigenvalue weighted by Gasteiger charge is 2.29. The molecule has 1 atom stereocenters. The van der Waals surface area contributed by atoms with Crippen LogP contribution >= 0.6 is 11.6 Å². The number of rotatable bonds is 7. The van der Waals surface area contributed by atoms with Crippen LogP contribution in [-0.4, -0.2) is 59.8 Å². The van der Waals surface area contributed by atoms with Crippen molar-refractivity contribution in [3.05, 3.63) is 64.8 Å². The molecule has 0 spiro atoms. The number of benzene rings is 2. The number of fused-ring (bicyclic) bond motifs is 1. The smallest absolute Gasteiger partial charge is 0.245 e. The Morgan fingerprint density at radius 2 is 1.59 bits per heavy atom. The van der Waals surface area contributed by atoms with Gasteiger partial charge in [-0.25, -0.2) is 13.4 Å². The van der Waals surface area contributed by atoms with Gasteiger partial charge in [0.15, 0.2) is 5.82 Å². The second kappa shape index (κ2) is 11.4. The van der Waals surface area contributed by atoms with Gasteiger partial charge in [0.05, 0.1) is 11.9 Å². The van der Waals surface area contributed by atoms with E-state index in [-0.39, 0.29) is 4.90 Å². The molecule has 3 aromatic rings. The number of likely N-dealkylation sites (tertiary alicyclic amines) is 1. The van der Waals surface area contributed by atoms with Crippen LogP contribution in [0.5, 0.6) is 0 Å². The normalized spacial score (nSPS) is 20.5. The quantitative estimate of drug-likeness (QED) is 0.352. The van der Waals surface area contributed by atoms with Crippen molar-refractivity contribution in [1.29, 1.82) is 0 Å². The number of halogens is 1. The fourth-order valence-electron chi connectivity index (χ4n) is 6.07. The van der Waals surface area contributed by atoms with Crippen molar-refractivity contribution in [3.63, 3.8) is 0 Å². The Labute approximate surface area is 235 Å². The molecule has 0 radical (unpaired) electrons. The van der Waals surface area contributed by atoms with Gasteiger partial charge in [0.25, 0.3) is 0 Å². The molecular formula is C29H35ClN6O2S. The first kappa shape index (κ1) is 26.5. The van der Waals surface area contributed by atoms with Gasteiger partial charge in [-0.3, -0.25) is 0 Å². The van der Waals surface area contributed by atoms with E-state index in [9.17, 15) is 8.42 Å². The number of anilines is 4. The molecule has 2 saturated heterocycles. The number of nitrogens with zero attached hydrogens (tertiary/aromatic N) is 4. The minimum atomic E-state index is -3.62. The predicted octanol–water partition coefficient (Wildman–Crippen LogP) is 5.74. The number of hydrogen-bond donors (Lipinski definition) is 2. The highest BCUT2D eigenvalue weighted by molar-refractivity contribution is 7.89. The van der Waals surface area contributed by atoms with Crippen LogP contribution in [0.1, 0.15) is 49.7 Å². The van der Waals surface area contributed by atoms with Gasteiger partial charge >= 0.3 is 0 Å². The monoisotopic (exact) mass is 566 g/mol. The van der Waals surface area contributed by atoms with Crippen LogP contribution in [0.25, 0.3) is 0 Å². The fraction of sp³-hybridized carbons (Fsp3) is 0.448. The van der Waals surface area contributed by atoms with E-state index >= 15 is 0 Å². The second-order valence-electron chi connectivity index (χ2n) is 10.7. The molecule has 0 amide bonds. The molecule has 8 nitrogen and oxygen atoms in total. The minimum absolute atomic E-state index is 0.217. The van der Waals surface area contributed by atoms with Crippen molar-refractivity contribution in [2.45, 2.75) is 62.3 Å². The first-order chi connectivity index (χ1) is 19.0. The molecule has 2 aliphatic heterocycles. The van der Waals surface area contributed by atoms with Gasteiger partial charge < -0.3 is 15.5 Å². The van der Waals surface area contributed by atoms with Crippen LogP contribution in [-0.2, 0) is 22.9 Å². The maximum Gasteiger partial charge on any atom is 0.245 e. The lowest BCUT2D eigenvalue weighted by molar-refractivity contribution is 0.222. The van der Waals surface area contributed by atoms with Crippen LogP contribution < -0.4 is 10.6 Å². The van der Waals surface area contributed by atoms with Crippen LogP contribution in [0.3, 0.4) is 0 Å². The average molecular weight is 567 g/mol. The highest BCUT2D eigenvalue weighted by Crippen LogP contribution is 2.32. The lowest BCUT2D eigenvalue weighted by Crippen LogP contribution is -2.32. The Bertz CT molecular complexity index is 1440. The second-order valence-corrected chi connectivity index (χ2v) is 13.0. The molecule has 6 rings (SSSR count). The van der Waals surface area contributed by atoms with E-state index in [1.165, 1.54) is 60.4 Å². The third-order valence-electron chi connectivity index (χ3n) is 8.18. The van der Waals surface area contributed by atoms with Crippen molar-refractivity contribution >= 4 is 44.8 Å². The fourth-order valence-corrected chi connectivity index (χ4v) is 7.88. The van der Waals surface area contributed by atoms with Gasteiger partial charge in [-0.1, -0.05) is 29.8 Å². The largest absolute Gasteiger partial charge is 0.338 e. The summed E-state index contributed by atoms with van der Waals surface area (Å²) in [7, 11) is -3.62. The van der Waals surface area contributed by atoms with E-state index in [1.54, 1.807) is 24.3 Å². The number of hydrogen-bond acceptors (Lipinski definition) is 7. The third kappa shape index (κ3) is 5.77. The molecule has 1 aromatic heterocycles. The highest BCUT2D eigenvalue weighted by atomic mass is 35.5. The van der Waals surface area contributed by atoms with Crippen LogP contribution in [0.2, 0.25) is 5.02 Å².